The molecular formula is C22H25ClF3N3O4S. The Labute approximate surface area is 201 Å². The summed E-state index contributed by atoms with van der Waals surface area (Å²) in [6, 6.07) is 10.8. The van der Waals surface area contributed by atoms with E-state index >= 15 is 0 Å². The fourth-order valence-electron chi connectivity index (χ4n) is 3.28. The molecule has 0 spiro atoms. The normalized spacial score (nSPS) is 12.7. The number of rotatable bonds is 9. The van der Waals surface area contributed by atoms with E-state index in [1.54, 1.807) is 0 Å². The van der Waals surface area contributed by atoms with Crippen LogP contribution in [-0.4, -0.2) is 57.6 Å². The van der Waals surface area contributed by atoms with Gasteiger partial charge in [0.2, 0.25) is 21.8 Å². The molecule has 186 valence electrons. The molecule has 1 unspecified atom stereocenters. The Bertz CT molecular complexity index is 1130. The fourth-order valence-corrected chi connectivity index (χ4v) is 4.34. The van der Waals surface area contributed by atoms with Gasteiger partial charge in [-0.3, -0.25) is 13.9 Å². The first-order valence-electron chi connectivity index (χ1n) is 10.1. The number of likely N-dealkylation sites (N-methyl/N-ethyl adjacent to an activating group) is 1. The van der Waals surface area contributed by atoms with E-state index in [4.69, 9.17) is 11.6 Å². The number of nitrogens with zero attached hydrogens (tertiary/aromatic N) is 2. The van der Waals surface area contributed by atoms with Crippen LogP contribution in [0.3, 0.4) is 0 Å². The van der Waals surface area contributed by atoms with Crippen molar-refractivity contribution >= 4 is 39.1 Å². The number of anilines is 1. The van der Waals surface area contributed by atoms with Crippen LogP contribution in [0.25, 0.3) is 0 Å². The van der Waals surface area contributed by atoms with Crippen molar-refractivity contribution in [1.82, 2.24) is 10.2 Å². The van der Waals surface area contributed by atoms with Crippen molar-refractivity contribution in [3.05, 3.63) is 64.7 Å². The Morgan fingerprint density at radius 2 is 1.74 bits per heavy atom. The number of carbonyl (C=O) groups excluding carboxylic acids is 2. The van der Waals surface area contributed by atoms with Crippen LogP contribution >= 0.6 is 11.6 Å². The lowest BCUT2D eigenvalue weighted by molar-refractivity contribution is -0.138. The molecule has 0 saturated heterocycles. The molecule has 12 heteroatoms. The molecule has 1 atom stereocenters. The number of benzene rings is 2. The van der Waals surface area contributed by atoms with Crippen LogP contribution in [-0.2, 0) is 32.2 Å². The Morgan fingerprint density at radius 1 is 1.12 bits per heavy atom. The van der Waals surface area contributed by atoms with E-state index in [1.807, 2.05) is 30.3 Å². The minimum Gasteiger partial charge on any atom is -0.357 e. The van der Waals surface area contributed by atoms with Crippen molar-refractivity contribution in [3.8, 4) is 0 Å². The zero-order valence-electron chi connectivity index (χ0n) is 18.8. The van der Waals surface area contributed by atoms with Gasteiger partial charge in [-0.05, 0) is 37.1 Å². The summed E-state index contributed by atoms with van der Waals surface area (Å²) in [5, 5.41) is 1.84. The zero-order chi connectivity index (χ0) is 25.7. The molecule has 0 aromatic heterocycles. The lowest BCUT2D eigenvalue weighted by Gasteiger charge is -2.31. The minimum absolute atomic E-state index is 0.0868. The van der Waals surface area contributed by atoms with Crippen LogP contribution < -0.4 is 9.62 Å². The van der Waals surface area contributed by atoms with Gasteiger partial charge in [0, 0.05) is 13.6 Å². The number of carbonyl (C=O) groups is 2. The van der Waals surface area contributed by atoms with Crippen LogP contribution in [0.2, 0.25) is 5.02 Å². The highest BCUT2D eigenvalue weighted by Crippen LogP contribution is 2.37. The molecule has 0 radical (unpaired) electrons. The van der Waals surface area contributed by atoms with Gasteiger partial charge in [0.1, 0.15) is 12.6 Å². The lowest BCUT2D eigenvalue weighted by Crippen LogP contribution is -2.51. The summed E-state index contributed by atoms with van der Waals surface area (Å²) in [4.78, 5) is 26.6. The van der Waals surface area contributed by atoms with Crippen molar-refractivity contribution in [2.24, 2.45) is 0 Å². The highest BCUT2D eigenvalue weighted by atomic mass is 35.5. The highest BCUT2D eigenvalue weighted by Gasteiger charge is 2.35. The first kappa shape index (κ1) is 27.5. The minimum atomic E-state index is -4.82. The molecule has 7 nitrogen and oxygen atoms in total. The third kappa shape index (κ3) is 7.10. The number of alkyl halides is 3. The number of hydrogen-bond donors (Lipinski definition) is 1. The Hall–Kier alpha value is -2.79. The maximum atomic E-state index is 13.3. The van der Waals surface area contributed by atoms with Crippen molar-refractivity contribution in [2.45, 2.75) is 25.6 Å². The van der Waals surface area contributed by atoms with Gasteiger partial charge in [-0.1, -0.05) is 41.9 Å². The van der Waals surface area contributed by atoms with Crippen LogP contribution in [0, 0.1) is 0 Å². The third-order valence-corrected chi connectivity index (χ3v) is 6.59. The molecule has 2 aromatic carbocycles. The third-order valence-electron chi connectivity index (χ3n) is 5.12. The average molecular weight is 520 g/mol. The summed E-state index contributed by atoms with van der Waals surface area (Å²) in [5.41, 5.74) is -0.715. The molecule has 2 aromatic rings. The molecule has 0 fully saturated rings. The van der Waals surface area contributed by atoms with E-state index in [2.05, 4.69) is 5.32 Å². The Kier molecular flexibility index (Phi) is 8.96. The van der Waals surface area contributed by atoms with Crippen molar-refractivity contribution in [2.75, 3.05) is 30.7 Å². The smallest absolute Gasteiger partial charge is 0.357 e. The summed E-state index contributed by atoms with van der Waals surface area (Å²) < 4.78 is 65.3. The monoisotopic (exact) mass is 519 g/mol. The second-order valence-corrected chi connectivity index (χ2v) is 9.86. The molecule has 2 rings (SSSR count). The van der Waals surface area contributed by atoms with Crippen LogP contribution in [0.1, 0.15) is 18.1 Å². The van der Waals surface area contributed by atoms with Gasteiger partial charge >= 0.3 is 6.18 Å². The van der Waals surface area contributed by atoms with Gasteiger partial charge in [0.25, 0.3) is 0 Å². The van der Waals surface area contributed by atoms with Crippen LogP contribution in [0.15, 0.2) is 48.5 Å². The molecule has 0 aliphatic rings. The van der Waals surface area contributed by atoms with Crippen molar-refractivity contribution in [3.63, 3.8) is 0 Å². The first-order valence-corrected chi connectivity index (χ1v) is 12.4. The number of amides is 2. The summed E-state index contributed by atoms with van der Waals surface area (Å²) in [6.07, 6.45) is -3.67. The first-order chi connectivity index (χ1) is 15.8. The summed E-state index contributed by atoms with van der Waals surface area (Å²) >= 11 is 5.64. The quantitative estimate of drug-likeness (QED) is 0.550. The molecule has 0 aliphatic heterocycles. The maximum absolute atomic E-state index is 13.3. The molecular weight excluding hydrogens is 495 g/mol. The molecule has 34 heavy (non-hydrogen) atoms. The number of hydrogen-bond acceptors (Lipinski definition) is 4. The van der Waals surface area contributed by atoms with Crippen LogP contribution in [0.4, 0.5) is 18.9 Å². The summed E-state index contributed by atoms with van der Waals surface area (Å²) in [7, 11) is -2.77. The van der Waals surface area contributed by atoms with E-state index in [9.17, 15) is 31.2 Å². The van der Waals surface area contributed by atoms with Gasteiger partial charge < -0.3 is 10.2 Å². The molecule has 1 N–H and O–H groups in total. The molecule has 2 amide bonds. The lowest BCUT2D eigenvalue weighted by atomic mass is 10.1. The van der Waals surface area contributed by atoms with Crippen molar-refractivity contribution in [1.29, 1.82) is 0 Å². The van der Waals surface area contributed by atoms with E-state index in [-0.39, 0.29) is 12.2 Å². The van der Waals surface area contributed by atoms with E-state index in [1.165, 1.54) is 18.9 Å². The molecule has 0 heterocycles. The van der Waals surface area contributed by atoms with Gasteiger partial charge in [-0.2, -0.15) is 13.2 Å². The van der Waals surface area contributed by atoms with Gasteiger partial charge in [0.05, 0.1) is 22.5 Å². The van der Waals surface area contributed by atoms with Gasteiger partial charge in [-0.25, -0.2) is 8.42 Å². The second-order valence-electron chi connectivity index (χ2n) is 7.54. The summed E-state index contributed by atoms with van der Waals surface area (Å²) in [5.74, 6) is -1.22. The van der Waals surface area contributed by atoms with E-state index in [0.717, 1.165) is 24.0 Å². The predicted molar refractivity (Wildman–Crippen MR) is 124 cm³/mol. The predicted octanol–water partition coefficient (Wildman–Crippen LogP) is 3.33. The van der Waals surface area contributed by atoms with Crippen molar-refractivity contribution < 1.29 is 31.2 Å². The number of halogens is 4. The molecule has 0 saturated carbocycles. The number of nitrogens with one attached hydrogen (secondary N) is 1. The SMILES string of the molecule is CNC(=O)C(C)N(CCc1ccccc1)C(=O)CN(c1ccc(Cl)c(C(F)(F)F)c1)S(C)(=O)=O. The Morgan fingerprint density at radius 3 is 2.26 bits per heavy atom. The highest BCUT2D eigenvalue weighted by molar-refractivity contribution is 7.92. The van der Waals surface area contributed by atoms with Crippen LogP contribution in [0.5, 0.6) is 0 Å². The van der Waals surface area contributed by atoms with E-state index in [0.29, 0.717) is 16.8 Å². The fraction of sp³-hybridized carbons (Fsp3) is 0.364. The molecule has 0 bridgehead atoms. The Balaban J connectivity index is 2.39. The standard InChI is InChI=1S/C22H25ClF3N3O4S/c1-15(21(31)27-2)28(12-11-16-7-5-4-6-8-16)20(30)14-29(34(3,32)33)17-9-10-19(23)18(13-17)22(24,25)26/h4-10,13,15H,11-12,14H2,1-3H3,(H,27,31). The second kappa shape index (κ2) is 11.1. The largest absolute Gasteiger partial charge is 0.417 e. The van der Waals surface area contributed by atoms with E-state index < -0.39 is 51.2 Å². The average Bonchev–Trinajstić information content (AvgIpc) is 2.76. The van der Waals surface area contributed by atoms with Gasteiger partial charge in [-0.15, -0.1) is 0 Å². The zero-order valence-corrected chi connectivity index (χ0v) is 20.3. The number of sulfonamides is 1. The molecule has 0 aliphatic carbocycles. The maximum Gasteiger partial charge on any atom is 0.417 e. The van der Waals surface area contributed by atoms with Gasteiger partial charge in [0.15, 0.2) is 0 Å². The topological polar surface area (TPSA) is 86.8 Å². The summed E-state index contributed by atoms with van der Waals surface area (Å²) in [6.45, 7) is 0.772.